The van der Waals surface area contributed by atoms with Crippen LogP contribution in [0.4, 0.5) is 10.8 Å². The van der Waals surface area contributed by atoms with Crippen molar-refractivity contribution in [2.45, 2.75) is 4.90 Å². The summed E-state index contributed by atoms with van der Waals surface area (Å²) < 4.78 is 6.18. The van der Waals surface area contributed by atoms with Crippen LogP contribution in [0.1, 0.15) is 15.9 Å². The highest BCUT2D eigenvalue weighted by Gasteiger charge is 2.16. The number of ether oxygens (including phenoxy) is 1. The van der Waals surface area contributed by atoms with Gasteiger partial charge in [-0.25, -0.2) is 4.98 Å². The first-order chi connectivity index (χ1) is 23.4. The fourth-order valence-corrected chi connectivity index (χ4v) is 6.34. The Hall–Kier alpha value is -5.71. The van der Waals surface area contributed by atoms with Gasteiger partial charge in [-0.1, -0.05) is 84.1 Å². The number of methoxy groups -OCH3 is 1. The molecule has 1 aromatic heterocycles. The maximum absolute atomic E-state index is 13.5. The Kier molecular flexibility index (Phi) is 10.2. The molecule has 0 aliphatic rings. The molecule has 238 valence electrons. The molecule has 0 spiro atoms. The van der Waals surface area contributed by atoms with Crippen LogP contribution in [-0.4, -0.2) is 35.6 Å². The van der Waals surface area contributed by atoms with Gasteiger partial charge in [0.2, 0.25) is 5.91 Å². The third-order valence-corrected chi connectivity index (χ3v) is 9.13. The number of rotatable bonds is 11. The molecular weight excluding hydrogens is 641 g/mol. The van der Waals surface area contributed by atoms with E-state index < -0.39 is 11.8 Å². The standard InChI is InChI=1S/C38H30N4O4S2/c1-46-30-18-21-32-34(23-30)48-38(41-32)42-35(43)24-47-31-19-16-29(17-20-31)39-37(45)33(40-36(44)28-10-6-3-7-11-28)22-25-12-14-27(15-13-25)26-8-4-2-5-9-26/h2-23H,24H2,1H3,(H,39,45)(H,40,44)(H,41,42,43)/b33-22-. The number of benzene rings is 5. The molecule has 6 rings (SSSR count). The maximum atomic E-state index is 13.5. The lowest BCUT2D eigenvalue weighted by Gasteiger charge is -2.12. The van der Waals surface area contributed by atoms with Crippen molar-refractivity contribution in [1.82, 2.24) is 10.3 Å². The van der Waals surface area contributed by atoms with Gasteiger partial charge in [-0.2, -0.15) is 0 Å². The molecule has 0 bridgehead atoms. The van der Waals surface area contributed by atoms with E-state index in [0.29, 0.717) is 16.4 Å². The van der Waals surface area contributed by atoms with E-state index in [1.807, 2.05) is 91.0 Å². The molecule has 8 nitrogen and oxygen atoms in total. The lowest BCUT2D eigenvalue weighted by molar-refractivity contribution is -0.114. The topological polar surface area (TPSA) is 109 Å². The number of thiazole rings is 1. The number of amides is 3. The highest BCUT2D eigenvalue weighted by Crippen LogP contribution is 2.29. The van der Waals surface area contributed by atoms with Gasteiger partial charge in [-0.3, -0.25) is 14.4 Å². The highest BCUT2D eigenvalue weighted by molar-refractivity contribution is 8.00. The first kappa shape index (κ1) is 32.2. The number of fused-ring (bicyclic) bond motifs is 1. The van der Waals surface area contributed by atoms with Crippen LogP contribution in [0.15, 0.2) is 138 Å². The van der Waals surface area contributed by atoms with Crippen molar-refractivity contribution in [1.29, 1.82) is 0 Å². The molecular formula is C38H30N4O4S2. The molecule has 0 unspecified atom stereocenters. The second kappa shape index (κ2) is 15.3. The van der Waals surface area contributed by atoms with Crippen molar-refractivity contribution in [3.8, 4) is 16.9 Å². The molecule has 48 heavy (non-hydrogen) atoms. The summed E-state index contributed by atoms with van der Waals surface area (Å²) in [5.41, 5.74) is 4.74. The monoisotopic (exact) mass is 670 g/mol. The van der Waals surface area contributed by atoms with Gasteiger partial charge in [0.05, 0.1) is 23.1 Å². The number of thioether (sulfide) groups is 1. The molecule has 0 fully saturated rings. The summed E-state index contributed by atoms with van der Waals surface area (Å²) in [6, 6.07) is 39.2. The van der Waals surface area contributed by atoms with Gasteiger partial charge in [0.1, 0.15) is 11.4 Å². The van der Waals surface area contributed by atoms with Crippen LogP contribution in [0.25, 0.3) is 27.4 Å². The van der Waals surface area contributed by atoms with E-state index in [-0.39, 0.29) is 17.4 Å². The quantitative estimate of drug-likeness (QED) is 0.0949. The smallest absolute Gasteiger partial charge is 0.272 e. The van der Waals surface area contributed by atoms with E-state index in [1.165, 1.54) is 23.1 Å². The molecule has 1 heterocycles. The zero-order valence-corrected chi connectivity index (χ0v) is 27.4. The summed E-state index contributed by atoms with van der Waals surface area (Å²) in [5.74, 6) is -0.124. The molecule has 0 aliphatic heterocycles. The third kappa shape index (κ3) is 8.35. The molecule has 3 amide bonds. The first-order valence-corrected chi connectivity index (χ1v) is 16.8. The average Bonchev–Trinajstić information content (AvgIpc) is 3.53. The minimum atomic E-state index is -0.473. The van der Waals surface area contributed by atoms with Crippen LogP contribution < -0.4 is 20.7 Å². The van der Waals surface area contributed by atoms with Crippen LogP contribution in [0.5, 0.6) is 5.75 Å². The molecule has 0 aliphatic carbocycles. The zero-order valence-electron chi connectivity index (χ0n) is 25.8. The first-order valence-electron chi connectivity index (χ1n) is 15.0. The number of aromatic nitrogens is 1. The number of nitrogens with zero attached hydrogens (tertiary/aromatic N) is 1. The normalized spacial score (nSPS) is 11.1. The molecule has 5 aromatic carbocycles. The predicted octanol–water partition coefficient (Wildman–Crippen LogP) is 8.11. The van der Waals surface area contributed by atoms with Crippen molar-refractivity contribution in [2.24, 2.45) is 0 Å². The summed E-state index contributed by atoms with van der Waals surface area (Å²) in [4.78, 5) is 44.4. The number of carbonyl (C=O) groups is 3. The van der Waals surface area contributed by atoms with Crippen molar-refractivity contribution in [3.63, 3.8) is 0 Å². The van der Waals surface area contributed by atoms with Gasteiger partial charge in [0, 0.05) is 16.1 Å². The lowest BCUT2D eigenvalue weighted by Crippen LogP contribution is -2.30. The van der Waals surface area contributed by atoms with E-state index in [9.17, 15) is 14.4 Å². The minimum absolute atomic E-state index is 0.0970. The SMILES string of the molecule is COc1ccc2nc(NC(=O)CSc3ccc(NC(=O)/C(=C/c4ccc(-c5ccccc5)cc4)NC(=O)c4ccccc4)cc3)sc2c1. The summed E-state index contributed by atoms with van der Waals surface area (Å²) in [6.07, 6.45) is 1.65. The summed E-state index contributed by atoms with van der Waals surface area (Å²) in [5, 5.41) is 9.03. The second-order valence-electron chi connectivity index (χ2n) is 10.5. The Balaban J connectivity index is 1.10. The maximum Gasteiger partial charge on any atom is 0.272 e. The summed E-state index contributed by atoms with van der Waals surface area (Å²) >= 11 is 2.75. The average molecular weight is 671 g/mol. The zero-order chi connectivity index (χ0) is 33.3. The number of carbonyl (C=O) groups excluding carboxylic acids is 3. The van der Waals surface area contributed by atoms with Crippen LogP contribution in [0, 0.1) is 0 Å². The second-order valence-corrected chi connectivity index (χ2v) is 12.6. The van der Waals surface area contributed by atoms with Gasteiger partial charge < -0.3 is 20.7 Å². The number of hydrogen-bond donors (Lipinski definition) is 3. The molecule has 10 heteroatoms. The Morgan fingerprint density at radius 3 is 2.19 bits per heavy atom. The number of hydrogen-bond acceptors (Lipinski definition) is 7. The van der Waals surface area contributed by atoms with Gasteiger partial charge in [0.25, 0.3) is 11.8 Å². The molecule has 0 saturated heterocycles. The van der Waals surface area contributed by atoms with E-state index in [4.69, 9.17) is 4.74 Å². The lowest BCUT2D eigenvalue weighted by atomic mass is 10.0. The van der Waals surface area contributed by atoms with E-state index in [2.05, 4.69) is 20.9 Å². The van der Waals surface area contributed by atoms with Crippen molar-refractivity contribution in [2.75, 3.05) is 23.5 Å². The van der Waals surface area contributed by atoms with E-state index in [0.717, 1.165) is 37.6 Å². The molecule has 3 N–H and O–H groups in total. The van der Waals surface area contributed by atoms with Crippen LogP contribution in [0.3, 0.4) is 0 Å². The molecule has 0 saturated carbocycles. The van der Waals surface area contributed by atoms with Crippen LogP contribution >= 0.6 is 23.1 Å². The van der Waals surface area contributed by atoms with Gasteiger partial charge >= 0.3 is 0 Å². The Bertz CT molecular complexity index is 2080. The molecule has 6 aromatic rings. The van der Waals surface area contributed by atoms with E-state index in [1.54, 1.807) is 49.6 Å². The fraction of sp³-hybridized carbons (Fsp3) is 0.0526. The third-order valence-electron chi connectivity index (χ3n) is 7.18. The van der Waals surface area contributed by atoms with Crippen molar-refractivity contribution in [3.05, 3.63) is 144 Å². The van der Waals surface area contributed by atoms with Gasteiger partial charge in [0.15, 0.2) is 5.13 Å². The largest absolute Gasteiger partial charge is 0.497 e. The van der Waals surface area contributed by atoms with Crippen molar-refractivity contribution >= 4 is 67.9 Å². The number of anilines is 2. The highest BCUT2D eigenvalue weighted by atomic mass is 32.2. The Labute approximate surface area is 285 Å². The van der Waals surface area contributed by atoms with Crippen molar-refractivity contribution < 1.29 is 19.1 Å². The molecule has 0 atom stereocenters. The van der Waals surface area contributed by atoms with Crippen LogP contribution in [0.2, 0.25) is 0 Å². The minimum Gasteiger partial charge on any atom is -0.497 e. The summed E-state index contributed by atoms with van der Waals surface area (Å²) in [6.45, 7) is 0. The Morgan fingerprint density at radius 2 is 1.48 bits per heavy atom. The predicted molar refractivity (Wildman–Crippen MR) is 194 cm³/mol. The Morgan fingerprint density at radius 1 is 0.792 bits per heavy atom. The number of nitrogens with one attached hydrogen (secondary N) is 3. The van der Waals surface area contributed by atoms with Crippen LogP contribution in [-0.2, 0) is 9.59 Å². The van der Waals surface area contributed by atoms with Gasteiger partial charge in [-0.15, -0.1) is 11.8 Å². The van der Waals surface area contributed by atoms with Gasteiger partial charge in [-0.05, 0) is 77.4 Å². The summed E-state index contributed by atoms with van der Waals surface area (Å²) in [7, 11) is 1.61. The van der Waals surface area contributed by atoms with E-state index >= 15 is 0 Å². The molecule has 0 radical (unpaired) electrons. The fourth-order valence-electron chi connectivity index (χ4n) is 4.73.